The molecule has 0 bridgehead atoms. The Bertz CT molecular complexity index is 415. The quantitative estimate of drug-likeness (QED) is 0.829. The molecule has 1 aromatic carbocycles. The Kier molecular flexibility index (Phi) is 3.31. The lowest BCUT2D eigenvalue weighted by Gasteiger charge is -2.12. The predicted octanol–water partition coefficient (Wildman–Crippen LogP) is 2.89. The average molecular weight is 333 g/mol. The molecule has 3 nitrogen and oxygen atoms in total. The van der Waals surface area contributed by atoms with Crippen LogP contribution in [0.4, 0.5) is 5.69 Å². The molecule has 1 aliphatic heterocycles. The Hall–Kier alpha value is -0.550. The van der Waals surface area contributed by atoms with E-state index in [0.717, 1.165) is 33.7 Å². The third-order valence-electron chi connectivity index (χ3n) is 2.20. The Morgan fingerprint density at radius 1 is 1.40 bits per heavy atom. The molecule has 0 aliphatic carbocycles. The number of rotatable bonds is 1. The standard InChI is InChI=1S/C10H11Br2N3/c1-6-2-3-7(11)9(8(6)12)15-10-13-4-5-14-10/h2-3H,4-5H2,1H3,(H2,13,14,15). The summed E-state index contributed by atoms with van der Waals surface area (Å²) in [7, 11) is 0. The van der Waals surface area contributed by atoms with Crippen molar-refractivity contribution in [3.63, 3.8) is 0 Å². The molecule has 1 heterocycles. The number of benzene rings is 1. The van der Waals surface area contributed by atoms with E-state index in [1.165, 1.54) is 5.56 Å². The monoisotopic (exact) mass is 331 g/mol. The Balaban J connectivity index is 2.30. The molecule has 0 atom stereocenters. The smallest absolute Gasteiger partial charge is 0.195 e. The Labute approximate surface area is 106 Å². The summed E-state index contributed by atoms with van der Waals surface area (Å²) in [5.74, 6) is 0.835. The first-order chi connectivity index (χ1) is 7.18. The zero-order valence-electron chi connectivity index (χ0n) is 8.27. The number of guanidine groups is 1. The molecule has 0 unspecified atom stereocenters. The molecule has 1 aliphatic rings. The molecule has 0 aromatic heterocycles. The van der Waals surface area contributed by atoms with Gasteiger partial charge in [0.25, 0.3) is 0 Å². The van der Waals surface area contributed by atoms with Gasteiger partial charge in [-0.2, -0.15) is 0 Å². The van der Waals surface area contributed by atoms with Crippen molar-refractivity contribution in [2.45, 2.75) is 6.92 Å². The van der Waals surface area contributed by atoms with Gasteiger partial charge < -0.3 is 10.6 Å². The number of hydrogen-bond acceptors (Lipinski definition) is 3. The molecule has 0 saturated heterocycles. The summed E-state index contributed by atoms with van der Waals surface area (Å²) in [6.07, 6.45) is 0. The van der Waals surface area contributed by atoms with Gasteiger partial charge in [0.15, 0.2) is 5.96 Å². The minimum Gasteiger partial charge on any atom is -0.354 e. The van der Waals surface area contributed by atoms with Crippen LogP contribution in [0, 0.1) is 6.92 Å². The first-order valence-electron chi connectivity index (χ1n) is 4.68. The van der Waals surface area contributed by atoms with Gasteiger partial charge in [0.1, 0.15) is 0 Å². The molecule has 0 amide bonds. The molecule has 1 aromatic rings. The normalized spacial score (nSPS) is 14.7. The second-order valence-electron chi connectivity index (χ2n) is 3.34. The minimum atomic E-state index is 0.835. The van der Waals surface area contributed by atoms with Crippen molar-refractivity contribution in [3.8, 4) is 0 Å². The van der Waals surface area contributed by atoms with E-state index < -0.39 is 0 Å². The van der Waals surface area contributed by atoms with Crippen LogP contribution < -0.4 is 10.6 Å². The van der Waals surface area contributed by atoms with Gasteiger partial charge in [0.2, 0.25) is 0 Å². The van der Waals surface area contributed by atoms with Gasteiger partial charge in [-0.25, -0.2) is 0 Å². The lowest BCUT2D eigenvalue weighted by molar-refractivity contribution is 0.959. The molecule has 2 N–H and O–H groups in total. The maximum absolute atomic E-state index is 4.30. The molecule has 5 heteroatoms. The molecule has 0 fully saturated rings. The lowest BCUT2D eigenvalue weighted by atomic mass is 10.2. The average Bonchev–Trinajstić information content (AvgIpc) is 2.71. The van der Waals surface area contributed by atoms with Gasteiger partial charge >= 0.3 is 0 Å². The van der Waals surface area contributed by atoms with E-state index in [-0.39, 0.29) is 0 Å². The fraction of sp³-hybridized carbons (Fsp3) is 0.300. The van der Waals surface area contributed by atoms with E-state index in [2.05, 4.69) is 60.5 Å². The zero-order chi connectivity index (χ0) is 10.8. The van der Waals surface area contributed by atoms with Crippen LogP contribution in [0.3, 0.4) is 0 Å². The van der Waals surface area contributed by atoms with Crippen LogP contribution in [0.25, 0.3) is 0 Å². The zero-order valence-corrected chi connectivity index (χ0v) is 11.4. The van der Waals surface area contributed by atoms with Crippen LogP contribution >= 0.6 is 31.9 Å². The van der Waals surface area contributed by atoms with Gasteiger partial charge in [-0.3, -0.25) is 4.99 Å². The summed E-state index contributed by atoms with van der Waals surface area (Å²) in [6, 6.07) is 4.08. The summed E-state index contributed by atoms with van der Waals surface area (Å²) >= 11 is 7.08. The third-order valence-corrected chi connectivity index (χ3v) is 3.88. The number of halogens is 2. The topological polar surface area (TPSA) is 36.4 Å². The second-order valence-corrected chi connectivity index (χ2v) is 4.98. The van der Waals surface area contributed by atoms with E-state index in [1.807, 2.05) is 6.07 Å². The molecule has 0 radical (unpaired) electrons. The summed E-state index contributed by atoms with van der Waals surface area (Å²) in [5.41, 5.74) is 2.21. The number of anilines is 1. The van der Waals surface area contributed by atoms with Crippen LogP contribution in [0.2, 0.25) is 0 Å². The van der Waals surface area contributed by atoms with Crippen LogP contribution in [0.15, 0.2) is 26.1 Å². The number of aryl methyl sites for hydroxylation is 1. The van der Waals surface area contributed by atoms with Crippen molar-refractivity contribution < 1.29 is 0 Å². The van der Waals surface area contributed by atoms with Crippen molar-refractivity contribution in [2.24, 2.45) is 4.99 Å². The summed E-state index contributed by atoms with van der Waals surface area (Å²) in [4.78, 5) is 4.30. The summed E-state index contributed by atoms with van der Waals surface area (Å²) in [5, 5.41) is 6.44. The fourth-order valence-electron chi connectivity index (χ4n) is 1.37. The molecule has 0 saturated carbocycles. The largest absolute Gasteiger partial charge is 0.354 e. The van der Waals surface area contributed by atoms with Gasteiger partial charge in [0, 0.05) is 15.5 Å². The van der Waals surface area contributed by atoms with E-state index in [1.54, 1.807) is 0 Å². The van der Waals surface area contributed by atoms with Gasteiger partial charge in [0.05, 0.1) is 12.2 Å². The van der Waals surface area contributed by atoms with Crippen molar-refractivity contribution in [1.29, 1.82) is 0 Å². The molecular formula is C10H11Br2N3. The third kappa shape index (κ3) is 2.34. The summed E-state index contributed by atoms with van der Waals surface area (Å²) < 4.78 is 2.09. The van der Waals surface area contributed by atoms with Crippen LogP contribution in [0.5, 0.6) is 0 Å². The molecule has 15 heavy (non-hydrogen) atoms. The number of aliphatic imine (C=N–C) groups is 1. The lowest BCUT2D eigenvalue weighted by Crippen LogP contribution is -2.26. The SMILES string of the molecule is Cc1ccc(Br)c(NC2=NCCN2)c1Br. The Morgan fingerprint density at radius 3 is 2.87 bits per heavy atom. The predicted molar refractivity (Wildman–Crippen MR) is 70.5 cm³/mol. The fourth-order valence-corrected chi connectivity index (χ4v) is 2.51. The van der Waals surface area contributed by atoms with Crippen LogP contribution in [0.1, 0.15) is 5.56 Å². The van der Waals surface area contributed by atoms with Crippen LogP contribution in [-0.4, -0.2) is 19.0 Å². The maximum atomic E-state index is 4.30. The molecule has 0 spiro atoms. The molecule has 2 rings (SSSR count). The first-order valence-corrected chi connectivity index (χ1v) is 6.27. The molecular weight excluding hydrogens is 322 g/mol. The first kappa shape index (κ1) is 11.0. The highest BCUT2D eigenvalue weighted by atomic mass is 79.9. The number of nitrogens with zero attached hydrogens (tertiary/aromatic N) is 1. The highest BCUT2D eigenvalue weighted by molar-refractivity contribution is 9.11. The van der Waals surface area contributed by atoms with Crippen LogP contribution in [-0.2, 0) is 0 Å². The maximum Gasteiger partial charge on any atom is 0.195 e. The number of hydrogen-bond donors (Lipinski definition) is 2. The van der Waals surface area contributed by atoms with E-state index in [0.29, 0.717) is 0 Å². The Morgan fingerprint density at radius 2 is 2.20 bits per heavy atom. The highest BCUT2D eigenvalue weighted by Crippen LogP contribution is 2.33. The number of nitrogens with one attached hydrogen (secondary N) is 2. The van der Waals surface area contributed by atoms with Gasteiger partial charge in [-0.05, 0) is 50.4 Å². The summed E-state index contributed by atoms with van der Waals surface area (Å²) in [6.45, 7) is 3.80. The van der Waals surface area contributed by atoms with E-state index in [4.69, 9.17) is 0 Å². The minimum absolute atomic E-state index is 0.835. The molecule has 80 valence electrons. The van der Waals surface area contributed by atoms with E-state index >= 15 is 0 Å². The van der Waals surface area contributed by atoms with Crippen molar-refractivity contribution >= 4 is 43.5 Å². The van der Waals surface area contributed by atoms with Gasteiger partial charge in [-0.15, -0.1) is 0 Å². The van der Waals surface area contributed by atoms with Gasteiger partial charge in [-0.1, -0.05) is 6.07 Å². The second kappa shape index (κ2) is 4.53. The highest BCUT2D eigenvalue weighted by Gasteiger charge is 2.11. The van der Waals surface area contributed by atoms with E-state index in [9.17, 15) is 0 Å². The van der Waals surface area contributed by atoms with Crippen molar-refractivity contribution in [2.75, 3.05) is 18.4 Å². The van der Waals surface area contributed by atoms with Crippen molar-refractivity contribution in [3.05, 3.63) is 26.6 Å². The van der Waals surface area contributed by atoms with Crippen molar-refractivity contribution in [1.82, 2.24) is 5.32 Å².